The van der Waals surface area contributed by atoms with Gasteiger partial charge < -0.3 is 10.1 Å². The van der Waals surface area contributed by atoms with Gasteiger partial charge in [0.25, 0.3) is 0 Å². The zero-order valence-electron chi connectivity index (χ0n) is 9.50. The number of thioether (sulfide) groups is 1. The van der Waals surface area contributed by atoms with E-state index in [2.05, 4.69) is 18.2 Å². The second-order valence-electron chi connectivity index (χ2n) is 3.74. The smallest absolute Gasteiger partial charge is 0.0818 e. The summed E-state index contributed by atoms with van der Waals surface area (Å²) in [7, 11) is 0. The first-order chi connectivity index (χ1) is 7.38. The first kappa shape index (κ1) is 12.9. The molecule has 15 heavy (non-hydrogen) atoms. The highest BCUT2D eigenvalue weighted by atomic mass is 32.2. The number of likely N-dealkylation sites (N-methyl/N-ethyl adjacent to an activating group) is 1. The second kappa shape index (κ2) is 8.04. The molecule has 3 heteroatoms. The lowest BCUT2D eigenvalue weighted by atomic mass is 10.0. The van der Waals surface area contributed by atoms with E-state index in [0.29, 0.717) is 12.1 Å². The molecule has 0 aromatic heterocycles. The summed E-state index contributed by atoms with van der Waals surface area (Å²) in [6, 6.07) is 0.483. The highest BCUT2D eigenvalue weighted by molar-refractivity contribution is 7.99. The molecule has 1 fully saturated rings. The van der Waals surface area contributed by atoms with Gasteiger partial charge in [-0.3, -0.25) is 0 Å². The summed E-state index contributed by atoms with van der Waals surface area (Å²) in [5.74, 6) is 4.95. The lowest BCUT2D eigenvalue weighted by molar-refractivity contribution is 0.0448. The van der Waals surface area contributed by atoms with Crippen molar-refractivity contribution in [2.75, 3.05) is 24.7 Å². The minimum Gasteiger partial charge on any atom is -0.375 e. The van der Waals surface area contributed by atoms with Crippen LogP contribution in [0.2, 0.25) is 0 Å². The zero-order valence-corrected chi connectivity index (χ0v) is 10.3. The summed E-state index contributed by atoms with van der Waals surface area (Å²) >= 11 is 1.99. The Hall–Kier alpha value is -0.170. The quantitative estimate of drug-likeness (QED) is 0.553. The van der Waals surface area contributed by atoms with Gasteiger partial charge in [0.15, 0.2) is 0 Å². The van der Waals surface area contributed by atoms with Gasteiger partial charge in [-0.15, -0.1) is 12.3 Å². The van der Waals surface area contributed by atoms with Crippen LogP contribution in [0.5, 0.6) is 0 Å². The third-order valence-electron chi connectivity index (χ3n) is 2.59. The van der Waals surface area contributed by atoms with Gasteiger partial charge in [-0.1, -0.05) is 6.92 Å². The normalized spacial score (nSPS) is 23.3. The van der Waals surface area contributed by atoms with E-state index in [9.17, 15) is 0 Å². The van der Waals surface area contributed by atoms with Crippen LogP contribution in [0.15, 0.2) is 0 Å². The van der Waals surface area contributed by atoms with E-state index in [0.717, 1.165) is 43.9 Å². The van der Waals surface area contributed by atoms with Crippen LogP contribution in [0.1, 0.15) is 26.2 Å². The molecule has 2 unspecified atom stereocenters. The minimum atomic E-state index is 0.376. The molecule has 86 valence electrons. The molecule has 2 nitrogen and oxygen atoms in total. The van der Waals surface area contributed by atoms with Crippen molar-refractivity contribution in [3.8, 4) is 12.3 Å². The van der Waals surface area contributed by atoms with E-state index < -0.39 is 0 Å². The van der Waals surface area contributed by atoms with Crippen LogP contribution < -0.4 is 5.32 Å². The molecular formula is C12H21NOS. The fourth-order valence-electron chi connectivity index (χ4n) is 1.84. The van der Waals surface area contributed by atoms with E-state index in [1.165, 1.54) is 0 Å². The lowest BCUT2D eigenvalue weighted by Crippen LogP contribution is -2.44. The fourth-order valence-corrected chi connectivity index (χ4v) is 2.79. The van der Waals surface area contributed by atoms with Crippen molar-refractivity contribution in [2.45, 2.75) is 38.3 Å². The Labute approximate surface area is 97.5 Å². The van der Waals surface area contributed by atoms with Crippen molar-refractivity contribution in [3.05, 3.63) is 0 Å². The van der Waals surface area contributed by atoms with Crippen molar-refractivity contribution < 1.29 is 4.74 Å². The third kappa shape index (κ3) is 4.92. The van der Waals surface area contributed by atoms with E-state index >= 15 is 0 Å². The maximum absolute atomic E-state index is 5.79. The topological polar surface area (TPSA) is 21.3 Å². The predicted octanol–water partition coefficient (Wildman–Crippen LogP) is 1.90. The van der Waals surface area contributed by atoms with Crippen molar-refractivity contribution in [1.29, 1.82) is 0 Å². The third-order valence-corrected chi connectivity index (χ3v) is 3.61. The summed E-state index contributed by atoms with van der Waals surface area (Å²) in [6.45, 7) is 4.04. The molecule has 0 saturated carbocycles. The van der Waals surface area contributed by atoms with Gasteiger partial charge in [-0.25, -0.2) is 0 Å². The Bertz CT molecular complexity index is 196. The molecular weight excluding hydrogens is 206 g/mol. The summed E-state index contributed by atoms with van der Waals surface area (Å²) in [5, 5.41) is 3.50. The van der Waals surface area contributed by atoms with Crippen LogP contribution in [0, 0.1) is 12.3 Å². The summed E-state index contributed by atoms with van der Waals surface area (Å²) < 4.78 is 5.79. The molecule has 1 N–H and O–H groups in total. The molecule has 0 aliphatic carbocycles. The van der Waals surface area contributed by atoms with Gasteiger partial charge in [-0.2, -0.15) is 11.8 Å². The predicted molar refractivity (Wildman–Crippen MR) is 67.2 cm³/mol. The molecule has 1 saturated heterocycles. The number of hydrogen-bond donors (Lipinski definition) is 1. The standard InChI is InChI=1S/C12H21NOS/c1-3-5-6-7-11(13-4-2)12-10-15-9-8-14-12/h1,11-13H,4-10H2,2H3. The molecule has 1 aliphatic heterocycles. The number of rotatable bonds is 6. The maximum Gasteiger partial charge on any atom is 0.0818 e. The first-order valence-corrected chi connectivity index (χ1v) is 6.90. The monoisotopic (exact) mass is 227 g/mol. The van der Waals surface area contributed by atoms with Crippen molar-refractivity contribution in [3.63, 3.8) is 0 Å². The van der Waals surface area contributed by atoms with Gasteiger partial charge in [0.1, 0.15) is 0 Å². The number of terminal acetylenes is 1. The molecule has 1 heterocycles. The average Bonchev–Trinajstić information content (AvgIpc) is 2.29. The van der Waals surface area contributed by atoms with Crippen LogP contribution in [0.3, 0.4) is 0 Å². The molecule has 0 aromatic carbocycles. The molecule has 1 aliphatic rings. The van der Waals surface area contributed by atoms with Crippen molar-refractivity contribution in [2.24, 2.45) is 0 Å². The maximum atomic E-state index is 5.79. The van der Waals surface area contributed by atoms with Gasteiger partial charge in [0.05, 0.1) is 12.7 Å². The van der Waals surface area contributed by atoms with Crippen molar-refractivity contribution >= 4 is 11.8 Å². The Balaban J connectivity index is 2.30. The van der Waals surface area contributed by atoms with Crippen LogP contribution in [-0.4, -0.2) is 36.8 Å². The van der Waals surface area contributed by atoms with E-state index in [-0.39, 0.29) is 0 Å². The Morgan fingerprint density at radius 3 is 3.13 bits per heavy atom. The van der Waals surface area contributed by atoms with Crippen LogP contribution >= 0.6 is 11.8 Å². The SMILES string of the molecule is C#CCCCC(NCC)C1CSCCO1. The Morgan fingerprint density at radius 2 is 2.53 bits per heavy atom. The highest BCUT2D eigenvalue weighted by Gasteiger charge is 2.23. The molecule has 0 aromatic rings. The fraction of sp³-hybridized carbons (Fsp3) is 0.833. The number of hydrogen-bond acceptors (Lipinski definition) is 3. The van der Waals surface area contributed by atoms with Gasteiger partial charge in [0.2, 0.25) is 0 Å². The molecule has 2 atom stereocenters. The minimum absolute atomic E-state index is 0.376. The van der Waals surface area contributed by atoms with Crippen molar-refractivity contribution in [1.82, 2.24) is 5.32 Å². The zero-order chi connectivity index (χ0) is 10.9. The van der Waals surface area contributed by atoms with Gasteiger partial charge >= 0.3 is 0 Å². The highest BCUT2D eigenvalue weighted by Crippen LogP contribution is 2.18. The molecule has 0 radical (unpaired) electrons. The summed E-state index contributed by atoms with van der Waals surface area (Å²) in [5.41, 5.74) is 0. The molecule has 0 spiro atoms. The molecule has 1 rings (SSSR count). The number of nitrogens with one attached hydrogen (secondary N) is 1. The molecule has 0 bridgehead atoms. The molecule has 0 amide bonds. The van der Waals surface area contributed by atoms with Crippen LogP contribution in [0.4, 0.5) is 0 Å². The Morgan fingerprint density at radius 1 is 1.67 bits per heavy atom. The van der Waals surface area contributed by atoms with Gasteiger partial charge in [0, 0.05) is 24.0 Å². The largest absolute Gasteiger partial charge is 0.375 e. The van der Waals surface area contributed by atoms with Crippen LogP contribution in [0.25, 0.3) is 0 Å². The summed E-state index contributed by atoms with van der Waals surface area (Å²) in [6.07, 6.45) is 8.74. The van der Waals surface area contributed by atoms with Crippen LogP contribution in [-0.2, 0) is 4.74 Å². The Kier molecular flexibility index (Phi) is 6.91. The van der Waals surface area contributed by atoms with E-state index in [1.807, 2.05) is 11.8 Å². The van der Waals surface area contributed by atoms with E-state index in [1.54, 1.807) is 0 Å². The average molecular weight is 227 g/mol. The number of unbranched alkanes of at least 4 members (excludes halogenated alkanes) is 1. The van der Waals surface area contributed by atoms with E-state index in [4.69, 9.17) is 11.2 Å². The lowest BCUT2D eigenvalue weighted by Gasteiger charge is -2.30. The van der Waals surface area contributed by atoms with Gasteiger partial charge in [-0.05, 0) is 19.4 Å². The first-order valence-electron chi connectivity index (χ1n) is 5.74. The second-order valence-corrected chi connectivity index (χ2v) is 4.89. The number of ether oxygens (including phenoxy) is 1. The summed E-state index contributed by atoms with van der Waals surface area (Å²) in [4.78, 5) is 0.